The van der Waals surface area contributed by atoms with Crippen molar-refractivity contribution in [1.29, 1.82) is 0 Å². The minimum atomic E-state index is -2.36. The van der Waals surface area contributed by atoms with Crippen molar-refractivity contribution in [3.05, 3.63) is 130 Å². The van der Waals surface area contributed by atoms with E-state index in [1.807, 2.05) is 21.3 Å². The monoisotopic (exact) mass is 1800 g/mol. The smallest absolute Gasteiger partial charge is 0.407 e. The first kappa shape index (κ1) is 97.8. The van der Waals surface area contributed by atoms with Gasteiger partial charge in [0.05, 0.1) is 62.7 Å². The number of nitrogen functional groups attached to an aromatic ring is 1. The maximum absolute atomic E-state index is 14.4. The number of thiocarbonyl (C=S) groups is 1. The molecule has 2 aliphatic heterocycles. The lowest BCUT2D eigenvalue weighted by atomic mass is 9.77. The summed E-state index contributed by atoms with van der Waals surface area (Å²) in [6, 6.07) is 3.93. The Labute approximate surface area is 729 Å². The van der Waals surface area contributed by atoms with Crippen LogP contribution in [0.5, 0.6) is 28.9 Å². The Kier molecular flexibility index (Phi) is 34.9. The van der Waals surface area contributed by atoms with Gasteiger partial charge < -0.3 is 146 Å². The Bertz CT molecular complexity index is 5210. The number of nitrogens with two attached hydrogens (primary N) is 4. The molecule has 0 saturated heterocycles. The zero-order valence-corrected chi connectivity index (χ0v) is 68.8. The molecule has 8 atom stereocenters. The number of ether oxygens (including phenoxy) is 3. The number of anilines is 3. The summed E-state index contributed by atoms with van der Waals surface area (Å²) in [5, 5.41) is 119. The van der Waals surface area contributed by atoms with Crippen LogP contribution in [0, 0.1) is 0 Å². The van der Waals surface area contributed by atoms with E-state index < -0.39 is 200 Å². The number of carbonyl (C=O) groups is 16. The summed E-state index contributed by atoms with van der Waals surface area (Å²) in [6.45, 7) is 1.12. The van der Waals surface area contributed by atoms with E-state index in [1.54, 1.807) is 36.4 Å². The number of alkyl carbamates (subject to hydrolysis) is 1. The van der Waals surface area contributed by atoms with Crippen molar-refractivity contribution in [2.24, 2.45) is 17.3 Å². The maximum atomic E-state index is 14.4. The lowest BCUT2D eigenvalue weighted by molar-refractivity contribution is -0.145. The SMILES string of the molecule is C[C@H](CCC(=O)N[C@H](CC(=O)O)C(=O)N[C@H](CC(=O)O)C(=O)N[C@H](CC(=O)O)C(=O)N[C@@H](CCCN(N)/C=C(\N)CCOC(=O)NCCNC(=S)Nc1ccc2c(c1)C(=O)OC21c2ccc(O)cc2Oc2cc(O)ccc21)C(=O)N[C@H](CC(=O)O)C(=O)N[C@H](CC(=O)O)C(=O)N[C@H](CCCCN)C(=O)O)NC(=O)c1ccc(NCc2cnc3nc(N)nc(O)c3n2)cc1. The summed E-state index contributed by atoms with van der Waals surface area (Å²) in [6.07, 6.45) is -6.34. The number of benzene rings is 4. The number of amides is 9. The number of aromatic hydroxyl groups is 3. The van der Waals surface area contributed by atoms with Gasteiger partial charge in [0.15, 0.2) is 21.9 Å². The van der Waals surface area contributed by atoms with Crippen LogP contribution in [0.25, 0.3) is 11.2 Å². The first-order chi connectivity index (χ1) is 60.7. The van der Waals surface area contributed by atoms with Gasteiger partial charge in [0.1, 0.15) is 65.3 Å². The molecule has 8 rings (SSSR count). The van der Waals surface area contributed by atoms with Gasteiger partial charge in [-0.15, -0.1) is 0 Å². The number of phenols is 2. The zero-order chi connectivity index (χ0) is 93.8. The van der Waals surface area contributed by atoms with Crippen LogP contribution in [0.3, 0.4) is 0 Å². The van der Waals surface area contributed by atoms with E-state index in [-0.39, 0.29) is 133 Å². The van der Waals surface area contributed by atoms with Crippen molar-refractivity contribution in [3.63, 3.8) is 0 Å². The van der Waals surface area contributed by atoms with Gasteiger partial charge in [0.2, 0.25) is 53.2 Å². The third-order valence-corrected chi connectivity index (χ3v) is 19.4. The normalized spacial score (nSPS) is 13.9. The molecule has 6 aromatic rings. The largest absolute Gasteiger partial charge is 0.508 e. The number of aromatic nitrogens is 4. The Balaban J connectivity index is 0.873. The number of hydrogen-bond acceptors (Lipinski definition) is 33. The van der Waals surface area contributed by atoms with Crippen molar-refractivity contribution in [2.75, 3.05) is 49.2 Å². The molecule has 9 amide bonds. The number of carboxylic acid groups (broad SMARTS) is 6. The zero-order valence-electron chi connectivity index (χ0n) is 67.9. The highest BCUT2D eigenvalue weighted by molar-refractivity contribution is 7.80. The fourth-order valence-corrected chi connectivity index (χ4v) is 13.2. The highest BCUT2D eigenvalue weighted by Crippen LogP contribution is 2.57. The summed E-state index contributed by atoms with van der Waals surface area (Å²) in [4.78, 5) is 226. The molecule has 2 aliphatic rings. The number of fused-ring (bicyclic) bond motifs is 7. The first-order valence-corrected chi connectivity index (χ1v) is 39.5. The van der Waals surface area contributed by atoms with Crippen LogP contribution in [-0.4, -0.2) is 252 Å². The van der Waals surface area contributed by atoms with Gasteiger partial charge in [-0.25, -0.2) is 30.2 Å². The van der Waals surface area contributed by atoms with Gasteiger partial charge >= 0.3 is 47.9 Å². The van der Waals surface area contributed by atoms with Gasteiger partial charge in [-0.2, -0.15) is 9.97 Å². The predicted octanol–water partition coefficient (Wildman–Crippen LogP) is -1.96. The second-order valence-corrected chi connectivity index (χ2v) is 29.4. The van der Waals surface area contributed by atoms with E-state index in [9.17, 15) is 123 Å². The number of hydrogen-bond donors (Lipinski definition) is 25. The van der Waals surface area contributed by atoms with Gasteiger partial charge in [0, 0.05) is 96.2 Å². The summed E-state index contributed by atoms with van der Waals surface area (Å²) in [5.41, 5.74) is 18.7. The Morgan fingerprint density at radius 3 is 1.59 bits per heavy atom. The van der Waals surface area contributed by atoms with E-state index >= 15 is 0 Å². The third-order valence-electron chi connectivity index (χ3n) is 19.1. The van der Waals surface area contributed by atoms with E-state index in [0.717, 1.165) is 11.2 Å². The van der Waals surface area contributed by atoms with Gasteiger partial charge in [-0.05, 0) is 125 Å². The molecule has 29 N–H and O–H groups in total. The number of nitrogens with zero attached hydrogens (tertiary/aromatic N) is 5. The number of esters is 1. The van der Waals surface area contributed by atoms with Gasteiger partial charge in [0.25, 0.3) is 5.91 Å². The molecule has 0 radical (unpaired) electrons. The molecule has 0 bridgehead atoms. The quantitative estimate of drug-likeness (QED) is 0.00648. The Morgan fingerprint density at radius 1 is 0.570 bits per heavy atom. The summed E-state index contributed by atoms with van der Waals surface area (Å²) >= 11 is 5.46. The number of unbranched alkanes of at least 4 members (excludes halogenated alkanes) is 1. The van der Waals surface area contributed by atoms with Crippen LogP contribution in [-0.2, 0) is 83.9 Å². The van der Waals surface area contributed by atoms with E-state index in [1.165, 1.54) is 55.6 Å². The number of hydrazine groups is 1. The molecule has 0 unspecified atom stereocenters. The molecule has 4 heterocycles. The average molecular weight is 1800 g/mol. The molecule has 49 nitrogen and oxygen atoms in total. The fourth-order valence-electron chi connectivity index (χ4n) is 13.0. The number of nitrogens with one attached hydrogen (secondary N) is 12. The third kappa shape index (κ3) is 28.5. The summed E-state index contributed by atoms with van der Waals surface area (Å²) in [7, 11) is 0. The van der Waals surface area contributed by atoms with Crippen molar-refractivity contribution < 1.29 is 137 Å². The highest BCUT2D eigenvalue weighted by Gasteiger charge is 2.54. The van der Waals surface area contributed by atoms with Crippen molar-refractivity contribution in [1.82, 2.24) is 78.1 Å². The van der Waals surface area contributed by atoms with Crippen LogP contribution in [0.2, 0.25) is 0 Å². The molecule has 684 valence electrons. The second-order valence-electron chi connectivity index (χ2n) is 29.0. The highest BCUT2D eigenvalue weighted by atomic mass is 32.1. The van der Waals surface area contributed by atoms with Crippen molar-refractivity contribution in [2.45, 2.75) is 151 Å². The van der Waals surface area contributed by atoms with Crippen LogP contribution >= 0.6 is 12.2 Å². The van der Waals surface area contributed by atoms with Crippen LogP contribution in [0.15, 0.2) is 97.0 Å². The molecule has 0 aliphatic carbocycles. The maximum Gasteiger partial charge on any atom is 0.407 e. The van der Waals surface area contributed by atoms with Crippen molar-refractivity contribution in [3.8, 4) is 28.9 Å². The van der Waals surface area contributed by atoms with E-state index in [2.05, 4.69) is 62.5 Å². The number of aliphatic carboxylic acids is 6. The summed E-state index contributed by atoms with van der Waals surface area (Å²) < 4.78 is 17.3. The Hall–Kier alpha value is -15.6. The fraction of sp³-hybridized carbons (Fsp3) is 0.372. The molecule has 50 heteroatoms. The Morgan fingerprint density at radius 2 is 1.06 bits per heavy atom. The average Bonchev–Trinajstić information content (AvgIpc) is 1.51. The summed E-state index contributed by atoms with van der Waals surface area (Å²) in [5.74, 6) is -16.2. The van der Waals surface area contributed by atoms with Crippen LogP contribution in [0.4, 0.5) is 22.1 Å². The molecule has 128 heavy (non-hydrogen) atoms. The topological polar surface area (TPSA) is 786 Å². The molecule has 2 aromatic heterocycles. The molecule has 4 aromatic carbocycles. The standard InChI is InChI=1S/C78H93N21O28S/c1-36(87-65(113)37-8-10-39(11-9-37)85-33-41-34-86-64-63(88-41)72(120)98-75(81)97-64)7-18-57(102)90-50(28-58(103)104)67(115)94-54(32-62(111)112)71(119)95-51(29-59(105)106)68(116)91-48(66(114)93-53(31-61(109)110)70(118)96-52(30-60(107)108)69(117)92-49(73(121)122)5-2-3-20-79)6-4-23-99(82)35-38(80)19-24-125-77(124)84-22-21-83-76(128)89-40-12-15-45-44(25-40)74(123)127-78(45)46-16-13-42(100)26-55(46)126-56-27-43(101)14-17-47(56)78/h8-17,25-27,34-36,48-54,85,100-101H,2-7,18-24,28-33,79-80,82H2,1H3,(H,84,124)(H,87,113)(H,90,102)(H,91,116)(H,92,117)(H,93,114)(H,94,115)(H,95,119)(H,96,118)(H,103,104)(H,105,106)(H,107,108)(H,109,110)(H,111,112)(H,121,122)(H2,83,89,128)(H3,81,86,97,98,120)/b38-35-/t36-,48+,49-,50-,51-,52-,53-,54-/m1/s1. The van der Waals surface area contributed by atoms with E-state index in [4.69, 9.17) is 49.5 Å². The van der Waals surface area contributed by atoms with Crippen molar-refractivity contribution >= 4 is 141 Å². The van der Waals surface area contributed by atoms with E-state index in [0.29, 0.717) is 40.2 Å². The molecular weight excluding hydrogens is 1710 g/mol. The number of carbonyl (C=O) groups excluding carboxylic acids is 10. The molecular formula is C78H93N21O28S. The lowest BCUT2D eigenvalue weighted by Crippen LogP contribution is -2.60. The second kappa shape index (κ2) is 45.7. The number of carboxylic acids is 6. The molecule has 1 spiro atoms. The predicted molar refractivity (Wildman–Crippen MR) is 445 cm³/mol. The lowest BCUT2D eigenvalue weighted by Gasteiger charge is -2.36. The van der Waals surface area contributed by atoms with Crippen LogP contribution in [0.1, 0.15) is 133 Å². The molecule has 0 saturated carbocycles. The number of phenolic OH excluding ortho intramolecular Hbond substituents is 2. The van der Waals surface area contributed by atoms with Gasteiger partial charge in [-0.3, -0.25) is 62.3 Å². The first-order valence-electron chi connectivity index (χ1n) is 39.1. The van der Waals surface area contributed by atoms with Gasteiger partial charge in [-0.1, -0.05) is 6.07 Å². The minimum Gasteiger partial charge on any atom is -0.508 e. The molecule has 0 fully saturated rings. The minimum absolute atomic E-state index is 0.0171. The van der Waals surface area contributed by atoms with Crippen LogP contribution < -0.4 is 91.6 Å². The number of rotatable bonds is 48.